The number of carboxylic acid groups (broad SMARTS) is 1. The second-order valence-electron chi connectivity index (χ2n) is 5.65. The Bertz CT molecular complexity index is 472. The van der Waals surface area contributed by atoms with Gasteiger partial charge in [0.25, 0.3) is 6.47 Å². The van der Waals surface area contributed by atoms with Crippen molar-refractivity contribution in [3.8, 4) is 0 Å². The number of hydrogen-bond donors (Lipinski definition) is 4. The minimum Gasteiger partial charge on any atom is -0.483 e. The van der Waals surface area contributed by atoms with Gasteiger partial charge in [0.05, 0.1) is 6.54 Å². The van der Waals surface area contributed by atoms with Crippen molar-refractivity contribution < 1.29 is 14.7 Å². The van der Waals surface area contributed by atoms with Crippen LogP contribution in [0.15, 0.2) is 6.33 Å². The lowest BCUT2D eigenvalue weighted by atomic mass is 9.79. The van der Waals surface area contributed by atoms with Crippen LogP contribution in [0.5, 0.6) is 0 Å². The first-order valence-electron chi connectivity index (χ1n) is 7.35. The topological polar surface area (TPSA) is 123 Å². The van der Waals surface area contributed by atoms with E-state index in [1.54, 1.807) is 0 Å². The molecule has 1 aromatic heterocycles. The summed E-state index contributed by atoms with van der Waals surface area (Å²) in [6, 6.07) is 0.00220. The van der Waals surface area contributed by atoms with Gasteiger partial charge in [-0.1, -0.05) is 0 Å². The maximum absolute atomic E-state index is 12.2. The first-order valence-corrected chi connectivity index (χ1v) is 7.35. The summed E-state index contributed by atoms with van der Waals surface area (Å²) in [5, 5.41) is 19.7. The maximum atomic E-state index is 12.2. The molecule has 4 N–H and O–H groups in total. The summed E-state index contributed by atoms with van der Waals surface area (Å²) in [5.74, 6) is 0.683. The Kier molecular flexibility index (Phi) is 5.70. The Labute approximate surface area is 128 Å². The molecule has 0 aromatic carbocycles. The number of carbonyl (C=O) groups excluding carboxylic acids is 1. The van der Waals surface area contributed by atoms with Crippen LogP contribution >= 0.6 is 0 Å². The molecule has 3 rings (SSSR count). The predicted molar refractivity (Wildman–Crippen MR) is 78.0 cm³/mol. The Morgan fingerprint density at radius 1 is 1.55 bits per heavy atom. The third kappa shape index (κ3) is 4.17. The second-order valence-corrected chi connectivity index (χ2v) is 5.65. The standard InChI is InChI=1S/C12H20N6O.CH2O2/c19-11(14-6-10-15-9-16-17-10)18-5-1-2-12(8-18)3-4-13-7-12;2-1-3/h9,13H,1-8H2,(H,14,19)(H,15,16,17);1H,(H,2,3). The van der Waals surface area contributed by atoms with E-state index in [0.29, 0.717) is 17.8 Å². The van der Waals surface area contributed by atoms with Crippen molar-refractivity contribution in [3.05, 3.63) is 12.2 Å². The average molecular weight is 310 g/mol. The van der Waals surface area contributed by atoms with Crippen LogP contribution < -0.4 is 10.6 Å². The van der Waals surface area contributed by atoms with E-state index < -0.39 is 0 Å². The van der Waals surface area contributed by atoms with Gasteiger partial charge in [0.15, 0.2) is 0 Å². The molecule has 9 heteroatoms. The van der Waals surface area contributed by atoms with Crippen molar-refractivity contribution in [2.45, 2.75) is 25.8 Å². The Balaban J connectivity index is 0.000000545. The van der Waals surface area contributed by atoms with Crippen LogP contribution in [0.1, 0.15) is 25.1 Å². The minimum absolute atomic E-state index is 0.00220. The molecule has 9 nitrogen and oxygen atoms in total. The highest BCUT2D eigenvalue weighted by Crippen LogP contribution is 2.35. The first-order chi connectivity index (χ1) is 10.7. The van der Waals surface area contributed by atoms with E-state index in [9.17, 15) is 4.79 Å². The normalized spacial score (nSPS) is 23.7. The van der Waals surface area contributed by atoms with E-state index in [2.05, 4.69) is 25.8 Å². The third-order valence-electron chi connectivity index (χ3n) is 4.15. The van der Waals surface area contributed by atoms with Gasteiger partial charge in [-0.3, -0.25) is 9.89 Å². The smallest absolute Gasteiger partial charge is 0.317 e. The first kappa shape index (κ1) is 16.2. The molecule has 2 aliphatic rings. The quantitative estimate of drug-likeness (QED) is 0.561. The fraction of sp³-hybridized carbons (Fsp3) is 0.692. The largest absolute Gasteiger partial charge is 0.483 e. The summed E-state index contributed by atoms with van der Waals surface area (Å²) in [6.07, 6.45) is 4.95. The van der Waals surface area contributed by atoms with Gasteiger partial charge in [0.1, 0.15) is 12.2 Å². The number of nitrogens with zero attached hydrogens (tertiary/aromatic N) is 3. The van der Waals surface area contributed by atoms with Gasteiger partial charge in [0, 0.05) is 25.0 Å². The molecule has 2 saturated heterocycles. The van der Waals surface area contributed by atoms with Crippen molar-refractivity contribution in [2.24, 2.45) is 5.41 Å². The van der Waals surface area contributed by atoms with Crippen LogP contribution in [0.4, 0.5) is 4.79 Å². The zero-order chi connectivity index (χ0) is 15.8. The lowest BCUT2D eigenvalue weighted by Gasteiger charge is -2.39. The van der Waals surface area contributed by atoms with Gasteiger partial charge in [-0.2, -0.15) is 5.10 Å². The van der Waals surface area contributed by atoms with E-state index in [1.807, 2.05) is 4.90 Å². The molecular weight excluding hydrogens is 288 g/mol. The zero-order valence-corrected chi connectivity index (χ0v) is 12.4. The Hall–Kier alpha value is -2.16. The van der Waals surface area contributed by atoms with Gasteiger partial charge < -0.3 is 20.6 Å². The van der Waals surface area contributed by atoms with Gasteiger partial charge in [0.2, 0.25) is 0 Å². The van der Waals surface area contributed by atoms with Crippen LogP contribution in [-0.2, 0) is 11.3 Å². The highest BCUT2D eigenvalue weighted by atomic mass is 16.3. The number of carbonyl (C=O) groups is 2. The fourth-order valence-corrected chi connectivity index (χ4v) is 3.11. The van der Waals surface area contributed by atoms with Crippen LogP contribution in [0, 0.1) is 5.41 Å². The number of aromatic amines is 1. The molecule has 3 heterocycles. The Morgan fingerprint density at radius 2 is 2.36 bits per heavy atom. The number of H-pyrrole nitrogens is 1. The van der Waals surface area contributed by atoms with Crippen LogP contribution in [0.3, 0.4) is 0 Å². The molecule has 1 spiro atoms. The number of urea groups is 1. The van der Waals surface area contributed by atoms with Gasteiger partial charge in [-0.25, -0.2) is 9.78 Å². The second kappa shape index (κ2) is 7.74. The maximum Gasteiger partial charge on any atom is 0.317 e. The number of hydrogen-bond acceptors (Lipinski definition) is 5. The number of nitrogens with one attached hydrogen (secondary N) is 3. The molecule has 1 aromatic rings. The molecule has 0 radical (unpaired) electrons. The van der Waals surface area contributed by atoms with Crippen LogP contribution in [0.2, 0.25) is 0 Å². The number of piperidine rings is 1. The molecule has 1 atom stereocenters. The molecule has 0 bridgehead atoms. The lowest BCUT2D eigenvalue weighted by Crippen LogP contribution is -2.50. The van der Waals surface area contributed by atoms with Gasteiger partial charge in [-0.15, -0.1) is 0 Å². The lowest BCUT2D eigenvalue weighted by molar-refractivity contribution is -0.122. The highest BCUT2D eigenvalue weighted by molar-refractivity contribution is 5.74. The molecule has 0 saturated carbocycles. The molecule has 1 unspecified atom stereocenters. The Morgan fingerprint density at radius 3 is 3.00 bits per heavy atom. The van der Waals surface area contributed by atoms with E-state index in [-0.39, 0.29) is 12.5 Å². The fourth-order valence-electron chi connectivity index (χ4n) is 3.11. The highest BCUT2D eigenvalue weighted by Gasteiger charge is 2.39. The van der Waals surface area contributed by atoms with E-state index >= 15 is 0 Å². The van der Waals surface area contributed by atoms with E-state index in [0.717, 1.165) is 32.6 Å². The summed E-state index contributed by atoms with van der Waals surface area (Å²) in [4.78, 5) is 26.5. The molecule has 2 amide bonds. The van der Waals surface area contributed by atoms with E-state index in [4.69, 9.17) is 9.90 Å². The van der Waals surface area contributed by atoms with Gasteiger partial charge >= 0.3 is 6.03 Å². The summed E-state index contributed by atoms with van der Waals surface area (Å²) >= 11 is 0. The van der Waals surface area contributed by atoms with Crippen molar-refractivity contribution in [3.63, 3.8) is 0 Å². The monoisotopic (exact) mass is 310 g/mol. The van der Waals surface area contributed by atoms with Crippen LogP contribution in [-0.4, -0.2) is 63.9 Å². The molecule has 122 valence electrons. The SMILES string of the molecule is O=C(NCc1ncn[nH]1)N1CCCC2(CCNC2)C1.O=CO. The van der Waals surface area contributed by atoms with Crippen molar-refractivity contribution in [1.82, 2.24) is 30.7 Å². The molecule has 2 aliphatic heterocycles. The summed E-state index contributed by atoms with van der Waals surface area (Å²) < 4.78 is 0. The zero-order valence-electron chi connectivity index (χ0n) is 12.4. The summed E-state index contributed by atoms with van der Waals surface area (Å²) in [6.45, 7) is 3.99. The third-order valence-corrected chi connectivity index (χ3v) is 4.15. The number of amides is 2. The molecule has 22 heavy (non-hydrogen) atoms. The number of aromatic nitrogens is 3. The average Bonchev–Trinajstić information content (AvgIpc) is 3.18. The summed E-state index contributed by atoms with van der Waals surface area (Å²) in [5.41, 5.74) is 0.307. The van der Waals surface area contributed by atoms with E-state index in [1.165, 1.54) is 19.2 Å². The number of rotatable bonds is 2. The predicted octanol–water partition coefficient (Wildman–Crippen LogP) is -0.209. The van der Waals surface area contributed by atoms with Crippen LogP contribution in [0.25, 0.3) is 0 Å². The summed E-state index contributed by atoms with van der Waals surface area (Å²) in [7, 11) is 0. The van der Waals surface area contributed by atoms with Crippen molar-refractivity contribution >= 4 is 12.5 Å². The molecular formula is C13H22N6O3. The number of likely N-dealkylation sites (tertiary alicyclic amines) is 1. The molecule has 2 fully saturated rings. The van der Waals surface area contributed by atoms with Crippen molar-refractivity contribution in [2.75, 3.05) is 26.2 Å². The van der Waals surface area contributed by atoms with Crippen molar-refractivity contribution in [1.29, 1.82) is 0 Å². The van der Waals surface area contributed by atoms with Gasteiger partial charge in [-0.05, 0) is 25.8 Å². The minimum atomic E-state index is -0.250. The molecule has 0 aliphatic carbocycles.